The maximum Gasteiger partial charge on any atom is 0.325 e. The molecule has 1 saturated heterocycles. The van der Waals surface area contributed by atoms with E-state index in [2.05, 4.69) is 20.1 Å². The van der Waals surface area contributed by atoms with Crippen LogP contribution >= 0.6 is 0 Å². The number of nitrogens with one attached hydrogen (secondary N) is 2. The zero-order valence-corrected chi connectivity index (χ0v) is 15.0. The fourth-order valence-electron chi connectivity index (χ4n) is 3.28. The van der Waals surface area contributed by atoms with Crippen LogP contribution in [-0.4, -0.2) is 43.7 Å². The van der Waals surface area contributed by atoms with Gasteiger partial charge in [0.05, 0.1) is 17.5 Å². The summed E-state index contributed by atoms with van der Waals surface area (Å²) in [5, 5.41) is 13.9. The van der Waals surface area contributed by atoms with Gasteiger partial charge < -0.3 is 9.88 Å². The molecule has 1 aliphatic rings. The third-order valence-corrected chi connectivity index (χ3v) is 4.96. The van der Waals surface area contributed by atoms with E-state index in [1.807, 2.05) is 6.07 Å². The molecule has 2 N–H and O–H groups in total. The lowest BCUT2D eigenvalue weighted by Crippen LogP contribution is -2.34. The molecule has 28 heavy (non-hydrogen) atoms. The number of aromatic nitrogens is 5. The Balaban J connectivity index is 1.91. The van der Waals surface area contributed by atoms with Crippen molar-refractivity contribution in [3.63, 3.8) is 0 Å². The first-order valence-electron chi connectivity index (χ1n) is 8.36. The van der Waals surface area contributed by atoms with Crippen molar-refractivity contribution in [3.05, 3.63) is 45.0 Å². The molecule has 3 aromatic rings. The average Bonchev–Trinajstić information content (AvgIpc) is 3.12. The lowest BCUT2D eigenvalue weighted by atomic mass is 9.89. The lowest BCUT2D eigenvalue weighted by molar-refractivity contribution is -0.0642. The van der Waals surface area contributed by atoms with Gasteiger partial charge in [0, 0.05) is 30.6 Å². The summed E-state index contributed by atoms with van der Waals surface area (Å²) in [7, 11) is 0. The standard InChI is InChI=1S/C17H15F2N7O2/c1-16(2)7-25(8-17(16,18)19)13-10-6-26(11-5-22-15(28)23-14(11)27)24-12(10)9(3-20)4-21-13/h4-6H,7-8H2,1-2H3,(H2,22,23,27,28). The van der Waals surface area contributed by atoms with Gasteiger partial charge in [0.25, 0.3) is 11.5 Å². The van der Waals surface area contributed by atoms with Crippen LogP contribution < -0.4 is 16.1 Å². The van der Waals surface area contributed by atoms with Gasteiger partial charge in [-0.3, -0.25) is 9.78 Å². The normalized spacial score (nSPS) is 17.8. The number of hydrogen-bond donors (Lipinski definition) is 2. The number of aromatic amines is 2. The van der Waals surface area contributed by atoms with Gasteiger partial charge in [-0.25, -0.2) is 23.2 Å². The van der Waals surface area contributed by atoms with Gasteiger partial charge >= 0.3 is 5.69 Å². The van der Waals surface area contributed by atoms with Crippen molar-refractivity contribution in [2.24, 2.45) is 5.41 Å². The van der Waals surface area contributed by atoms with Crippen LogP contribution in [0.15, 0.2) is 28.2 Å². The fraction of sp³-hybridized carbons (Fsp3) is 0.353. The van der Waals surface area contributed by atoms with Crippen LogP contribution in [0.2, 0.25) is 0 Å². The summed E-state index contributed by atoms with van der Waals surface area (Å²) in [6, 6.07) is 1.96. The summed E-state index contributed by atoms with van der Waals surface area (Å²) in [5.41, 5.74) is -2.22. The minimum Gasteiger partial charge on any atom is -0.349 e. The molecule has 0 spiro atoms. The van der Waals surface area contributed by atoms with Crippen molar-refractivity contribution in [3.8, 4) is 11.8 Å². The Labute approximate surface area is 156 Å². The van der Waals surface area contributed by atoms with E-state index >= 15 is 0 Å². The topological polar surface area (TPSA) is 123 Å². The number of nitriles is 1. The smallest absolute Gasteiger partial charge is 0.325 e. The van der Waals surface area contributed by atoms with Crippen molar-refractivity contribution in [1.82, 2.24) is 24.7 Å². The molecule has 0 aliphatic carbocycles. The highest BCUT2D eigenvalue weighted by molar-refractivity contribution is 5.93. The predicted molar refractivity (Wildman–Crippen MR) is 95.8 cm³/mol. The summed E-state index contributed by atoms with van der Waals surface area (Å²) < 4.78 is 29.9. The van der Waals surface area contributed by atoms with E-state index in [1.54, 1.807) is 0 Å². The molecule has 3 aromatic heterocycles. The summed E-state index contributed by atoms with van der Waals surface area (Å²) in [6.07, 6.45) is 3.89. The zero-order valence-electron chi connectivity index (χ0n) is 15.0. The SMILES string of the molecule is CC1(C)CN(c2ncc(C#N)c3nn(-c4c[nH]c(=O)[nH]c4=O)cc23)CC1(F)F. The number of alkyl halides is 2. The number of nitrogens with zero attached hydrogens (tertiary/aromatic N) is 5. The van der Waals surface area contributed by atoms with E-state index in [1.165, 1.54) is 42.0 Å². The second kappa shape index (κ2) is 5.72. The van der Waals surface area contributed by atoms with E-state index in [9.17, 15) is 23.6 Å². The van der Waals surface area contributed by atoms with Crippen LogP contribution in [0.3, 0.4) is 0 Å². The first-order valence-corrected chi connectivity index (χ1v) is 8.36. The predicted octanol–water partition coefficient (Wildman–Crippen LogP) is 1.15. The van der Waals surface area contributed by atoms with Crippen molar-refractivity contribution in [2.75, 3.05) is 18.0 Å². The monoisotopic (exact) mass is 387 g/mol. The maximum absolute atomic E-state index is 14.3. The zero-order chi connectivity index (χ0) is 20.3. The van der Waals surface area contributed by atoms with Gasteiger partial charge in [0.2, 0.25) is 0 Å². The molecule has 144 valence electrons. The van der Waals surface area contributed by atoms with Crippen molar-refractivity contribution >= 4 is 16.7 Å². The van der Waals surface area contributed by atoms with Gasteiger partial charge in [0.1, 0.15) is 23.1 Å². The largest absolute Gasteiger partial charge is 0.349 e. The molecule has 1 aliphatic heterocycles. The second-order valence-corrected chi connectivity index (χ2v) is 7.34. The number of rotatable bonds is 2. The molecule has 0 radical (unpaired) electrons. The Morgan fingerprint density at radius 2 is 2.04 bits per heavy atom. The van der Waals surface area contributed by atoms with Crippen LogP contribution in [0.1, 0.15) is 19.4 Å². The van der Waals surface area contributed by atoms with Crippen molar-refractivity contribution in [1.29, 1.82) is 5.26 Å². The van der Waals surface area contributed by atoms with Gasteiger partial charge in [-0.15, -0.1) is 0 Å². The highest BCUT2D eigenvalue weighted by Gasteiger charge is 2.54. The third-order valence-electron chi connectivity index (χ3n) is 4.96. The summed E-state index contributed by atoms with van der Waals surface area (Å²) in [6.45, 7) is 2.52. The van der Waals surface area contributed by atoms with E-state index in [-0.39, 0.29) is 29.1 Å². The van der Waals surface area contributed by atoms with Gasteiger partial charge in [-0.05, 0) is 0 Å². The van der Waals surface area contributed by atoms with Crippen LogP contribution in [-0.2, 0) is 0 Å². The van der Waals surface area contributed by atoms with Crippen LogP contribution in [0.4, 0.5) is 14.6 Å². The molecule has 4 rings (SSSR count). The minimum absolute atomic E-state index is 0.0118. The van der Waals surface area contributed by atoms with E-state index in [0.29, 0.717) is 5.39 Å². The Morgan fingerprint density at radius 3 is 2.64 bits per heavy atom. The molecule has 1 fully saturated rings. The number of fused-ring (bicyclic) bond motifs is 1. The number of H-pyrrole nitrogens is 2. The number of anilines is 1. The molecule has 9 nitrogen and oxygen atoms in total. The molecular weight excluding hydrogens is 372 g/mol. The Kier molecular flexibility index (Phi) is 3.65. The summed E-state index contributed by atoms with van der Waals surface area (Å²) in [4.78, 5) is 33.4. The van der Waals surface area contributed by atoms with Gasteiger partial charge in [0.15, 0.2) is 0 Å². The molecular formula is C17H15F2N7O2. The Morgan fingerprint density at radius 1 is 1.29 bits per heavy atom. The quantitative estimate of drug-likeness (QED) is 0.680. The van der Waals surface area contributed by atoms with Gasteiger partial charge in [-0.2, -0.15) is 10.4 Å². The average molecular weight is 387 g/mol. The fourth-order valence-corrected chi connectivity index (χ4v) is 3.28. The molecule has 11 heteroatoms. The van der Waals surface area contributed by atoms with E-state index in [0.717, 1.165) is 0 Å². The third kappa shape index (κ3) is 2.57. The summed E-state index contributed by atoms with van der Waals surface area (Å²) >= 11 is 0. The molecule has 4 heterocycles. The summed E-state index contributed by atoms with van der Waals surface area (Å²) in [5.74, 6) is -2.66. The van der Waals surface area contributed by atoms with Crippen LogP contribution in [0.25, 0.3) is 16.6 Å². The number of hydrogen-bond acceptors (Lipinski definition) is 6. The molecule has 0 bridgehead atoms. The maximum atomic E-state index is 14.3. The Hall–Kier alpha value is -3.55. The highest BCUT2D eigenvalue weighted by atomic mass is 19.3. The first-order chi connectivity index (χ1) is 13.1. The van der Waals surface area contributed by atoms with E-state index < -0.39 is 29.1 Å². The molecule has 0 saturated carbocycles. The second-order valence-electron chi connectivity index (χ2n) is 7.34. The van der Waals surface area contributed by atoms with Crippen LogP contribution in [0.5, 0.6) is 0 Å². The highest BCUT2D eigenvalue weighted by Crippen LogP contribution is 2.45. The molecule has 0 aromatic carbocycles. The van der Waals surface area contributed by atoms with Crippen molar-refractivity contribution in [2.45, 2.75) is 19.8 Å². The Bertz CT molecular complexity index is 1230. The van der Waals surface area contributed by atoms with Gasteiger partial charge in [-0.1, -0.05) is 13.8 Å². The van der Waals surface area contributed by atoms with Crippen LogP contribution in [0, 0.1) is 16.7 Å². The number of halogens is 2. The molecule has 0 amide bonds. The molecule has 0 atom stereocenters. The van der Waals surface area contributed by atoms with Crippen molar-refractivity contribution < 1.29 is 8.78 Å². The first kappa shape index (κ1) is 17.8. The minimum atomic E-state index is -2.92. The number of pyridine rings is 1. The molecule has 0 unspecified atom stereocenters. The van der Waals surface area contributed by atoms with E-state index in [4.69, 9.17) is 0 Å². The lowest BCUT2D eigenvalue weighted by Gasteiger charge is -2.24.